The van der Waals surface area contributed by atoms with E-state index in [1.807, 2.05) is 23.5 Å². The Morgan fingerprint density at radius 1 is 1.43 bits per heavy atom. The van der Waals surface area contributed by atoms with Gasteiger partial charge in [-0.3, -0.25) is 0 Å². The van der Waals surface area contributed by atoms with Gasteiger partial charge in [-0.2, -0.15) is 0 Å². The van der Waals surface area contributed by atoms with Crippen molar-refractivity contribution in [2.45, 2.75) is 3.91 Å². The Morgan fingerprint density at radius 2 is 2.00 bits per heavy atom. The lowest BCUT2D eigenvalue weighted by atomic mass is 11.3. The second-order valence-electron chi connectivity index (χ2n) is 0.938. The maximum atomic E-state index is 4.05. The Bertz CT molecular complexity index is 71.0. The summed E-state index contributed by atoms with van der Waals surface area (Å²) in [5, 5.41) is 4.19. The summed E-state index contributed by atoms with van der Waals surface area (Å²) in [5.74, 6) is 0. The first-order valence-electron chi connectivity index (χ1n) is 1.69. The van der Waals surface area contributed by atoms with Crippen LogP contribution >= 0.6 is 46.0 Å². The molecule has 0 N–H and O–H groups in total. The molecule has 40 valence electrons. The third kappa shape index (κ3) is 1.83. The van der Waals surface area contributed by atoms with Crippen LogP contribution in [0.15, 0.2) is 10.8 Å². The van der Waals surface area contributed by atoms with Gasteiger partial charge in [0.2, 0.25) is 0 Å². The SMILES string of the molecule is SSC1SC=CS1. The number of hydrogen-bond donors (Lipinski definition) is 1. The fourth-order valence-corrected chi connectivity index (χ4v) is 3.36. The molecule has 0 aromatic rings. The summed E-state index contributed by atoms with van der Waals surface area (Å²) in [6, 6.07) is 0. The van der Waals surface area contributed by atoms with Crippen molar-refractivity contribution in [3.8, 4) is 0 Å². The lowest BCUT2D eigenvalue weighted by Crippen LogP contribution is -1.72. The molecule has 7 heavy (non-hydrogen) atoms. The largest absolute Gasteiger partial charge is 0.113 e. The van der Waals surface area contributed by atoms with Crippen LogP contribution in [-0.4, -0.2) is 3.91 Å². The summed E-state index contributed by atoms with van der Waals surface area (Å²) in [4.78, 5) is 0. The molecule has 0 bridgehead atoms. The van der Waals surface area contributed by atoms with Gasteiger partial charge in [0.25, 0.3) is 0 Å². The van der Waals surface area contributed by atoms with Crippen molar-refractivity contribution in [2.75, 3.05) is 0 Å². The van der Waals surface area contributed by atoms with Crippen LogP contribution in [0.4, 0.5) is 0 Å². The zero-order valence-electron chi connectivity index (χ0n) is 3.40. The maximum absolute atomic E-state index is 4.05. The van der Waals surface area contributed by atoms with Crippen LogP contribution < -0.4 is 0 Å². The van der Waals surface area contributed by atoms with Gasteiger partial charge in [-0.1, -0.05) is 10.8 Å². The average molecular weight is 168 g/mol. The monoisotopic (exact) mass is 168 g/mol. The van der Waals surface area contributed by atoms with E-state index in [9.17, 15) is 0 Å². The van der Waals surface area contributed by atoms with E-state index in [-0.39, 0.29) is 0 Å². The van der Waals surface area contributed by atoms with E-state index in [0.717, 1.165) is 0 Å². The zero-order valence-corrected chi connectivity index (χ0v) is 6.75. The van der Waals surface area contributed by atoms with Crippen molar-refractivity contribution in [2.24, 2.45) is 0 Å². The predicted octanol–water partition coefficient (Wildman–Crippen LogP) is 2.80. The molecule has 0 radical (unpaired) electrons. The normalized spacial score (nSPS) is 21.3. The van der Waals surface area contributed by atoms with Gasteiger partial charge in [-0.15, -0.1) is 35.2 Å². The van der Waals surface area contributed by atoms with E-state index in [1.54, 1.807) is 10.8 Å². The minimum atomic E-state index is 0.600. The van der Waals surface area contributed by atoms with Gasteiger partial charge in [0, 0.05) is 0 Å². The highest BCUT2D eigenvalue weighted by Gasteiger charge is 2.08. The number of thiol groups is 1. The zero-order chi connectivity index (χ0) is 5.11. The fourth-order valence-electron chi connectivity index (χ4n) is 0.274. The summed E-state index contributed by atoms with van der Waals surface area (Å²) >= 11 is 7.67. The van der Waals surface area contributed by atoms with E-state index >= 15 is 0 Å². The third-order valence-electron chi connectivity index (χ3n) is 0.521. The number of thioether (sulfide) groups is 2. The Labute approximate surface area is 60.7 Å². The second kappa shape index (κ2) is 3.22. The highest BCUT2D eigenvalue weighted by atomic mass is 33.1. The Morgan fingerprint density at radius 3 is 2.29 bits per heavy atom. The molecule has 1 aliphatic rings. The first-order valence-corrected chi connectivity index (χ1v) is 5.51. The van der Waals surface area contributed by atoms with E-state index < -0.39 is 0 Å². The molecule has 0 atom stereocenters. The maximum Gasteiger partial charge on any atom is 0.113 e. The quantitative estimate of drug-likeness (QED) is 0.472. The first kappa shape index (κ1) is 6.26. The van der Waals surface area contributed by atoms with Crippen molar-refractivity contribution in [3.05, 3.63) is 10.8 Å². The molecule has 0 spiro atoms. The average Bonchev–Trinajstić information content (AvgIpc) is 2.14. The lowest BCUT2D eigenvalue weighted by molar-refractivity contribution is 2.14. The summed E-state index contributed by atoms with van der Waals surface area (Å²) in [7, 11) is 1.59. The molecule has 0 aromatic carbocycles. The van der Waals surface area contributed by atoms with E-state index in [4.69, 9.17) is 0 Å². The van der Waals surface area contributed by atoms with Crippen molar-refractivity contribution in [3.63, 3.8) is 0 Å². The third-order valence-corrected chi connectivity index (χ3v) is 5.30. The van der Waals surface area contributed by atoms with Gasteiger partial charge in [-0.05, 0) is 10.8 Å². The van der Waals surface area contributed by atoms with Crippen molar-refractivity contribution in [1.29, 1.82) is 0 Å². The molecule has 0 aliphatic carbocycles. The highest BCUT2D eigenvalue weighted by Crippen LogP contribution is 2.42. The molecule has 4 heteroatoms. The molecular formula is C3H4S4. The molecule has 0 saturated carbocycles. The number of rotatable bonds is 1. The van der Waals surface area contributed by atoms with E-state index in [0.29, 0.717) is 3.91 Å². The van der Waals surface area contributed by atoms with Crippen molar-refractivity contribution < 1.29 is 0 Å². The second-order valence-corrected chi connectivity index (χ2v) is 5.18. The summed E-state index contributed by atoms with van der Waals surface area (Å²) in [6.45, 7) is 0. The predicted molar refractivity (Wildman–Crippen MR) is 44.7 cm³/mol. The van der Waals surface area contributed by atoms with Crippen LogP contribution in [0.5, 0.6) is 0 Å². The fraction of sp³-hybridized carbons (Fsp3) is 0.333. The smallest absolute Gasteiger partial charge is 0.109 e. The standard InChI is InChI=1S/C3H4S4/c4-7-3-5-1-2-6-3/h1-4H. The van der Waals surface area contributed by atoms with Crippen molar-refractivity contribution in [1.82, 2.24) is 0 Å². The molecule has 0 nitrogen and oxygen atoms in total. The van der Waals surface area contributed by atoms with Crippen LogP contribution in [0.3, 0.4) is 0 Å². The Balaban J connectivity index is 2.22. The van der Waals surface area contributed by atoms with Gasteiger partial charge in [0.1, 0.15) is 3.91 Å². The van der Waals surface area contributed by atoms with Gasteiger partial charge < -0.3 is 0 Å². The van der Waals surface area contributed by atoms with Crippen LogP contribution in [0.25, 0.3) is 0 Å². The molecule has 0 amide bonds. The summed E-state index contributed by atoms with van der Waals surface area (Å²) in [6.07, 6.45) is 0. The molecular weight excluding hydrogens is 164 g/mol. The summed E-state index contributed by atoms with van der Waals surface area (Å²) < 4.78 is 0.600. The number of hydrogen-bond acceptors (Lipinski definition) is 4. The molecule has 1 heterocycles. The Hall–Kier alpha value is 1.14. The van der Waals surface area contributed by atoms with Crippen LogP contribution in [0.2, 0.25) is 0 Å². The van der Waals surface area contributed by atoms with Crippen LogP contribution in [-0.2, 0) is 0 Å². The lowest BCUT2D eigenvalue weighted by Gasteiger charge is -1.97. The van der Waals surface area contributed by atoms with Gasteiger partial charge in [-0.25, -0.2) is 0 Å². The molecule has 0 saturated heterocycles. The molecule has 0 aromatic heterocycles. The Kier molecular flexibility index (Phi) is 2.88. The summed E-state index contributed by atoms with van der Waals surface area (Å²) in [5.41, 5.74) is 0. The highest BCUT2D eigenvalue weighted by molar-refractivity contribution is 8.73. The van der Waals surface area contributed by atoms with Gasteiger partial charge in [0.05, 0.1) is 0 Å². The minimum absolute atomic E-state index is 0.600. The topological polar surface area (TPSA) is 0 Å². The van der Waals surface area contributed by atoms with Crippen LogP contribution in [0, 0.1) is 0 Å². The van der Waals surface area contributed by atoms with Gasteiger partial charge in [0.15, 0.2) is 0 Å². The van der Waals surface area contributed by atoms with E-state index in [1.165, 1.54) is 0 Å². The molecule has 0 fully saturated rings. The molecule has 0 unspecified atom stereocenters. The first-order chi connectivity index (χ1) is 3.43. The van der Waals surface area contributed by atoms with Crippen molar-refractivity contribution >= 4 is 46.0 Å². The molecule has 1 aliphatic heterocycles. The van der Waals surface area contributed by atoms with Crippen LogP contribution in [0.1, 0.15) is 0 Å². The minimum Gasteiger partial charge on any atom is -0.109 e. The van der Waals surface area contributed by atoms with Gasteiger partial charge >= 0.3 is 0 Å². The molecule has 1 rings (SSSR count). The van der Waals surface area contributed by atoms with E-state index in [2.05, 4.69) is 22.5 Å².